The molecule has 1 aliphatic carbocycles. The van der Waals surface area contributed by atoms with Crippen molar-refractivity contribution in [3.05, 3.63) is 54.0 Å². The largest absolute Gasteiger partial charge is 0.439 e. The molecule has 26 heavy (non-hydrogen) atoms. The van der Waals surface area contributed by atoms with Gasteiger partial charge in [0.25, 0.3) is 0 Å². The Kier molecular flexibility index (Phi) is 8.27. The molecule has 1 aromatic heterocycles. The fourth-order valence-corrected chi connectivity index (χ4v) is 2.88. The van der Waals surface area contributed by atoms with Gasteiger partial charge in [-0.05, 0) is 31.0 Å². The molecule has 0 spiro atoms. The van der Waals surface area contributed by atoms with E-state index in [0.717, 1.165) is 12.8 Å². The number of hydrogen-bond donors (Lipinski definition) is 2. The van der Waals surface area contributed by atoms with Crippen LogP contribution in [0.2, 0.25) is 0 Å². The van der Waals surface area contributed by atoms with Gasteiger partial charge in [0.15, 0.2) is 0 Å². The molecule has 1 aliphatic rings. The highest BCUT2D eigenvalue weighted by molar-refractivity contribution is 5.86. The zero-order valence-corrected chi connectivity index (χ0v) is 15.7. The van der Waals surface area contributed by atoms with Gasteiger partial charge in [0.2, 0.25) is 11.8 Å². The SMILES string of the molecule is Cl.Cl.NC1(C(=O)NCc2cccnc2Oc2cccc(F)c2)CCCC1. The van der Waals surface area contributed by atoms with Crippen LogP contribution in [0.4, 0.5) is 4.39 Å². The van der Waals surface area contributed by atoms with Crippen molar-refractivity contribution >= 4 is 30.7 Å². The molecular formula is C18H22Cl2FN3O2. The average molecular weight is 402 g/mol. The Balaban J connectivity index is 0.00000169. The highest BCUT2D eigenvalue weighted by Crippen LogP contribution is 2.28. The molecule has 0 atom stereocenters. The second-order valence-corrected chi connectivity index (χ2v) is 6.07. The first kappa shape index (κ1) is 22.2. The number of carbonyl (C=O) groups is 1. The summed E-state index contributed by atoms with van der Waals surface area (Å²) in [7, 11) is 0. The van der Waals surface area contributed by atoms with E-state index in [1.807, 2.05) is 0 Å². The molecule has 0 unspecified atom stereocenters. The van der Waals surface area contributed by atoms with Crippen molar-refractivity contribution in [2.75, 3.05) is 0 Å². The van der Waals surface area contributed by atoms with E-state index < -0.39 is 5.54 Å². The fraction of sp³-hybridized carbons (Fsp3) is 0.333. The van der Waals surface area contributed by atoms with Gasteiger partial charge >= 0.3 is 0 Å². The van der Waals surface area contributed by atoms with E-state index in [-0.39, 0.29) is 43.1 Å². The third-order valence-electron chi connectivity index (χ3n) is 4.25. The first-order valence-corrected chi connectivity index (χ1v) is 8.01. The van der Waals surface area contributed by atoms with E-state index >= 15 is 0 Å². The topological polar surface area (TPSA) is 77.2 Å². The van der Waals surface area contributed by atoms with Crippen LogP contribution in [0.1, 0.15) is 31.2 Å². The maximum Gasteiger partial charge on any atom is 0.240 e. The Hall–Kier alpha value is -1.89. The number of ether oxygens (including phenoxy) is 1. The van der Waals surface area contributed by atoms with Crippen LogP contribution in [-0.2, 0) is 11.3 Å². The highest BCUT2D eigenvalue weighted by Gasteiger charge is 2.36. The molecule has 1 aromatic carbocycles. The Bertz CT molecular complexity index is 740. The molecule has 0 bridgehead atoms. The van der Waals surface area contributed by atoms with Crippen molar-refractivity contribution in [2.24, 2.45) is 5.73 Å². The summed E-state index contributed by atoms with van der Waals surface area (Å²) in [6.07, 6.45) is 4.95. The van der Waals surface area contributed by atoms with Crippen molar-refractivity contribution in [2.45, 2.75) is 37.8 Å². The summed E-state index contributed by atoms with van der Waals surface area (Å²) in [5.74, 6) is 0.151. The van der Waals surface area contributed by atoms with Crippen LogP contribution in [0, 0.1) is 5.82 Å². The van der Waals surface area contributed by atoms with Gasteiger partial charge in [0, 0.05) is 24.4 Å². The summed E-state index contributed by atoms with van der Waals surface area (Å²) in [4.78, 5) is 16.5. The van der Waals surface area contributed by atoms with Crippen molar-refractivity contribution in [3.63, 3.8) is 0 Å². The Morgan fingerprint density at radius 1 is 1.23 bits per heavy atom. The summed E-state index contributed by atoms with van der Waals surface area (Å²) >= 11 is 0. The van der Waals surface area contributed by atoms with Crippen LogP contribution in [0.15, 0.2) is 42.6 Å². The molecule has 1 amide bonds. The van der Waals surface area contributed by atoms with Crippen molar-refractivity contribution in [3.8, 4) is 11.6 Å². The van der Waals surface area contributed by atoms with E-state index in [0.29, 0.717) is 30.0 Å². The van der Waals surface area contributed by atoms with Gasteiger partial charge in [-0.15, -0.1) is 24.8 Å². The number of halogens is 3. The van der Waals surface area contributed by atoms with Crippen molar-refractivity contribution < 1.29 is 13.9 Å². The van der Waals surface area contributed by atoms with Crippen molar-refractivity contribution in [1.82, 2.24) is 10.3 Å². The number of nitrogens with zero attached hydrogens (tertiary/aromatic N) is 1. The summed E-state index contributed by atoms with van der Waals surface area (Å²) < 4.78 is 18.9. The van der Waals surface area contributed by atoms with Crippen LogP contribution in [0.25, 0.3) is 0 Å². The second kappa shape index (κ2) is 9.71. The lowest BCUT2D eigenvalue weighted by Gasteiger charge is -2.22. The minimum atomic E-state index is -0.772. The van der Waals surface area contributed by atoms with E-state index in [1.165, 1.54) is 12.1 Å². The zero-order chi connectivity index (χ0) is 17.0. The predicted molar refractivity (Wildman–Crippen MR) is 102 cm³/mol. The predicted octanol–water partition coefficient (Wildman–Crippen LogP) is 3.74. The van der Waals surface area contributed by atoms with Gasteiger partial charge < -0.3 is 15.8 Å². The lowest BCUT2D eigenvalue weighted by atomic mass is 9.98. The minimum Gasteiger partial charge on any atom is -0.439 e. The Morgan fingerprint density at radius 2 is 1.96 bits per heavy atom. The van der Waals surface area contributed by atoms with E-state index in [4.69, 9.17) is 10.5 Å². The number of pyridine rings is 1. The number of nitrogens with two attached hydrogens (primary N) is 1. The van der Waals surface area contributed by atoms with E-state index in [2.05, 4.69) is 10.3 Å². The number of rotatable bonds is 5. The lowest BCUT2D eigenvalue weighted by molar-refractivity contribution is -0.126. The van der Waals surface area contributed by atoms with Gasteiger partial charge in [-0.3, -0.25) is 4.79 Å². The summed E-state index contributed by atoms with van der Waals surface area (Å²) in [6.45, 7) is 0.260. The lowest BCUT2D eigenvalue weighted by Crippen LogP contribution is -2.51. The molecule has 2 aromatic rings. The molecule has 1 heterocycles. The summed E-state index contributed by atoms with van der Waals surface area (Å²) in [6, 6.07) is 9.40. The van der Waals surface area contributed by atoms with Gasteiger partial charge in [0.05, 0.1) is 5.54 Å². The number of aromatic nitrogens is 1. The molecule has 1 fully saturated rings. The van der Waals surface area contributed by atoms with Crippen molar-refractivity contribution in [1.29, 1.82) is 0 Å². The standard InChI is InChI=1S/C18H20FN3O2.2ClH/c19-14-6-3-7-15(11-14)24-16-13(5-4-10-21-16)12-22-17(23)18(20)8-1-2-9-18;;/h3-7,10-11H,1-2,8-9,12,20H2,(H,22,23);2*1H. The monoisotopic (exact) mass is 401 g/mol. The number of amides is 1. The third kappa shape index (κ3) is 5.30. The number of nitrogens with one attached hydrogen (secondary N) is 1. The van der Waals surface area contributed by atoms with Gasteiger partial charge in [0.1, 0.15) is 11.6 Å². The van der Waals surface area contributed by atoms with Gasteiger partial charge in [-0.1, -0.05) is 25.0 Å². The molecule has 142 valence electrons. The first-order valence-electron chi connectivity index (χ1n) is 8.01. The van der Waals surface area contributed by atoms with Crippen LogP contribution in [0.3, 0.4) is 0 Å². The molecule has 0 saturated heterocycles. The number of benzene rings is 1. The molecule has 0 aliphatic heterocycles. The average Bonchev–Trinajstić information content (AvgIpc) is 3.02. The Labute approximate surface area is 164 Å². The highest BCUT2D eigenvalue weighted by atomic mass is 35.5. The molecule has 3 rings (SSSR count). The van der Waals surface area contributed by atoms with Crippen LogP contribution in [-0.4, -0.2) is 16.4 Å². The third-order valence-corrected chi connectivity index (χ3v) is 4.25. The van der Waals surface area contributed by atoms with Crippen LogP contribution in [0.5, 0.6) is 11.6 Å². The minimum absolute atomic E-state index is 0. The fourth-order valence-electron chi connectivity index (χ4n) is 2.88. The smallest absolute Gasteiger partial charge is 0.240 e. The number of carbonyl (C=O) groups excluding carboxylic acids is 1. The number of hydrogen-bond acceptors (Lipinski definition) is 4. The van der Waals surface area contributed by atoms with E-state index in [9.17, 15) is 9.18 Å². The molecule has 1 saturated carbocycles. The molecule has 5 nitrogen and oxygen atoms in total. The van der Waals surface area contributed by atoms with Crippen LogP contribution >= 0.6 is 24.8 Å². The van der Waals surface area contributed by atoms with Gasteiger partial charge in [-0.2, -0.15) is 0 Å². The van der Waals surface area contributed by atoms with Crippen LogP contribution < -0.4 is 15.8 Å². The molecule has 8 heteroatoms. The molecular weight excluding hydrogens is 380 g/mol. The summed E-state index contributed by atoms with van der Waals surface area (Å²) in [5.41, 5.74) is 6.08. The maximum absolute atomic E-state index is 13.3. The molecule has 3 N–H and O–H groups in total. The maximum atomic E-state index is 13.3. The molecule has 0 radical (unpaired) electrons. The Morgan fingerprint density at radius 3 is 2.65 bits per heavy atom. The normalized spacial score (nSPS) is 14.7. The second-order valence-electron chi connectivity index (χ2n) is 6.07. The first-order chi connectivity index (χ1) is 11.6. The summed E-state index contributed by atoms with van der Waals surface area (Å²) in [5, 5.41) is 2.86. The zero-order valence-electron chi connectivity index (χ0n) is 14.1. The quantitative estimate of drug-likeness (QED) is 0.799. The van der Waals surface area contributed by atoms with Gasteiger partial charge in [-0.25, -0.2) is 9.37 Å². The van der Waals surface area contributed by atoms with E-state index in [1.54, 1.807) is 30.5 Å².